The number of aliphatic hydroxyl groups excluding tert-OH is 1. The van der Waals surface area contributed by atoms with Crippen molar-refractivity contribution in [2.45, 2.75) is 37.8 Å². The molecule has 1 aromatic heterocycles. The van der Waals surface area contributed by atoms with Crippen molar-refractivity contribution in [2.24, 2.45) is 0 Å². The van der Waals surface area contributed by atoms with Crippen LogP contribution in [0.5, 0.6) is 0 Å². The van der Waals surface area contributed by atoms with Gasteiger partial charge in [-0.25, -0.2) is 0 Å². The minimum absolute atomic E-state index is 0.239. The lowest BCUT2D eigenvalue weighted by atomic mass is 9.95. The quantitative estimate of drug-likeness (QED) is 0.762. The Hall–Kier alpha value is -0.800. The Morgan fingerprint density at radius 3 is 3.13 bits per heavy atom. The van der Waals surface area contributed by atoms with Crippen LogP contribution in [0.25, 0.3) is 0 Å². The number of ether oxygens (including phenoxy) is 1. The summed E-state index contributed by atoms with van der Waals surface area (Å²) in [5.74, 6) is 0. The first-order chi connectivity index (χ1) is 7.36. The zero-order chi connectivity index (χ0) is 10.3. The van der Waals surface area contributed by atoms with Gasteiger partial charge in [0.05, 0.1) is 18.8 Å². The van der Waals surface area contributed by atoms with Crippen LogP contribution < -0.4 is 0 Å². The Bertz CT molecular complexity index is 353. The molecular weight excluding hydrogens is 190 g/mol. The summed E-state index contributed by atoms with van der Waals surface area (Å²) in [6.07, 6.45) is 6.12. The van der Waals surface area contributed by atoms with Gasteiger partial charge in [-0.1, -0.05) is 0 Å². The van der Waals surface area contributed by atoms with Gasteiger partial charge in [-0.15, -0.1) is 0 Å². The maximum Gasteiger partial charge on any atom is 0.0807 e. The zero-order valence-electron chi connectivity index (χ0n) is 8.85. The lowest BCUT2D eigenvalue weighted by Gasteiger charge is -2.22. The molecule has 82 valence electrons. The molecule has 0 bridgehead atoms. The van der Waals surface area contributed by atoms with E-state index in [2.05, 4.69) is 16.8 Å². The number of hydrogen-bond donors (Lipinski definition) is 1. The molecule has 1 N–H and O–H groups in total. The topological polar surface area (TPSA) is 34.4 Å². The molecule has 2 aliphatic rings. The van der Waals surface area contributed by atoms with E-state index in [9.17, 15) is 5.11 Å². The van der Waals surface area contributed by atoms with Crippen molar-refractivity contribution in [3.63, 3.8) is 0 Å². The van der Waals surface area contributed by atoms with Gasteiger partial charge in [0.25, 0.3) is 0 Å². The molecule has 3 nitrogen and oxygen atoms in total. The molecular formula is C12H17NO2. The van der Waals surface area contributed by atoms with E-state index in [-0.39, 0.29) is 6.10 Å². The van der Waals surface area contributed by atoms with Gasteiger partial charge in [-0.05, 0) is 31.7 Å². The van der Waals surface area contributed by atoms with Gasteiger partial charge in [-0.2, -0.15) is 0 Å². The maximum atomic E-state index is 9.87. The molecule has 3 heteroatoms. The zero-order valence-corrected chi connectivity index (χ0v) is 8.85. The highest BCUT2D eigenvalue weighted by Gasteiger charge is 2.25. The van der Waals surface area contributed by atoms with Crippen molar-refractivity contribution < 1.29 is 9.84 Å². The molecule has 0 radical (unpaired) electrons. The summed E-state index contributed by atoms with van der Waals surface area (Å²) in [7, 11) is 0. The third-order valence-electron chi connectivity index (χ3n) is 3.61. The third-order valence-corrected chi connectivity index (χ3v) is 3.61. The molecule has 2 heterocycles. The summed E-state index contributed by atoms with van der Waals surface area (Å²) in [6, 6.07) is 2.58. The van der Waals surface area contributed by atoms with Gasteiger partial charge in [0.2, 0.25) is 0 Å². The summed E-state index contributed by atoms with van der Waals surface area (Å²) < 4.78 is 7.74. The standard InChI is InChI=1S/C12H17NO2/c14-12-3-1-2-11-10(12)4-6-13(11)9-5-7-15-8-9/h4,6,9,12,14H,1-3,5,7-8H2. The van der Waals surface area contributed by atoms with E-state index in [4.69, 9.17) is 4.74 Å². The molecule has 0 spiro atoms. The summed E-state index contributed by atoms with van der Waals surface area (Å²) in [5.41, 5.74) is 2.48. The normalized spacial score (nSPS) is 30.5. The number of fused-ring (bicyclic) bond motifs is 1. The number of nitrogens with zero attached hydrogens (tertiary/aromatic N) is 1. The predicted octanol–water partition coefficient (Wildman–Crippen LogP) is 1.82. The second-order valence-corrected chi connectivity index (χ2v) is 4.55. The Morgan fingerprint density at radius 1 is 1.40 bits per heavy atom. The molecule has 2 unspecified atom stereocenters. The van der Waals surface area contributed by atoms with Gasteiger partial charge in [0.15, 0.2) is 0 Å². The van der Waals surface area contributed by atoms with E-state index in [0.717, 1.165) is 44.5 Å². The average molecular weight is 207 g/mol. The Kier molecular flexibility index (Phi) is 2.29. The van der Waals surface area contributed by atoms with Gasteiger partial charge in [-0.3, -0.25) is 0 Å². The maximum absolute atomic E-state index is 9.87. The Balaban J connectivity index is 1.95. The van der Waals surface area contributed by atoms with Crippen LogP contribution in [-0.4, -0.2) is 22.9 Å². The fourth-order valence-corrected chi connectivity index (χ4v) is 2.77. The van der Waals surface area contributed by atoms with Crippen molar-refractivity contribution in [1.82, 2.24) is 4.57 Å². The summed E-state index contributed by atoms with van der Waals surface area (Å²) in [5, 5.41) is 9.87. The molecule has 0 saturated carbocycles. The first-order valence-corrected chi connectivity index (χ1v) is 5.81. The molecule has 1 saturated heterocycles. The fraction of sp³-hybridized carbons (Fsp3) is 0.667. The van der Waals surface area contributed by atoms with E-state index >= 15 is 0 Å². The summed E-state index contributed by atoms with van der Waals surface area (Å²) in [6.45, 7) is 1.71. The van der Waals surface area contributed by atoms with Crippen molar-refractivity contribution in [1.29, 1.82) is 0 Å². The van der Waals surface area contributed by atoms with Gasteiger partial charge in [0, 0.05) is 24.1 Å². The van der Waals surface area contributed by atoms with Crippen LogP contribution in [0.3, 0.4) is 0 Å². The van der Waals surface area contributed by atoms with E-state index in [1.807, 2.05) is 0 Å². The second kappa shape index (κ2) is 3.65. The summed E-state index contributed by atoms with van der Waals surface area (Å²) >= 11 is 0. The minimum Gasteiger partial charge on any atom is -0.388 e. The minimum atomic E-state index is -0.239. The van der Waals surface area contributed by atoms with E-state index in [0.29, 0.717) is 6.04 Å². The van der Waals surface area contributed by atoms with E-state index in [1.165, 1.54) is 5.69 Å². The largest absolute Gasteiger partial charge is 0.388 e. The monoisotopic (exact) mass is 207 g/mol. The number of rotatable bonds is 1. The van der Waals surface area contributed by atoms with Crippen LogP contribution in [0.15, 0.2) is 12.3 Å². The highest BCUT2D eigenvalue weighted by molar-refractivity contribution is 5.28. The molecule has 1 aliphatic carbocycles. The molecule has 2 atom stereocenters. The van der Waals surface area contributed by atoms with Crippen LogP contribution in [0.4, 0.5) is 0 Å². The molecule has 1 aromatic rings. The molecule has 0 amide bonds. The van der Waals surface area contributed by atoms with Gasteiger partial charge < -0.3 is 14.4 Å². The fourth-order valence-electron chi connectivity index (χ4n) is 2.77. The van der Waals surface area contributed by atoms with Gasteiger partial charge >= 0.3 is 0 Å². The molecule has 3 rings (SSSR count). The van der Waals surface area contributed by atoms with Crippen LogP contribution in [0.2, 0.25) is 0 Å². The molecule has 15 heavy (non-hydrogen) atoms. The third kappa shape index (κ3) is 1.50. The van der Waals surface area contributed by atoms with Crippen LogP contribution >= 0.6 is 0 Å². The molecule has 1 fully saturated rings. The van der Waals surface area contributed by atoms with E-state index in [1.54, 1.807) is 0 Å². The van der Waals surface area contributed by atoms with Crippen molar-refractivity contribution in [3.05, 3.63) is 23.5 Å². The molecule has 0 aromatic carbocycles. The predicted molar refractivity (Wildman–Crippen MR) is 56.8 cm³/mol. The number of hydrogen-bond acceptors (Lipinski definition) is 2. The first kappa shape index (κ1) is 9.43. The van der Waals surface area contributed by atoms with Crippen LogP contribution in [-0.2, 0) is 11.2 Å². The number of aliphatic hydroxyl groups is 1. The van der Waals surface area contributed by atoms with Crippen LogP contribution in [0, 0.1) is 0 Å². The highest BCUT2D eigenvalue weighted by atomic mass is 16.5. The van der Waals surface area contributed by atoms with E-state index < -0.39 is 0 Å². The average Bonchev–Trinajstić information content (AvgIpc) is 2.85. The Labute approximate surface area is 89.7 Å². The van der Waals surface area contributed by atoms with Crippen LogP contribution in [0.1, 0.15) is 42.7 Å². The SMILES string of the molecule is OC1CCCc2c1ccn2C1CCOC1. The first-order valence-electron chi connectivity index (χ1n) is 5.81. The number of aromatic nitrogens is 1. The van der Waals surface area contributed by atoms with Crippen molar-refractivity contribution in [3.8, 4) is 0 Å². The lowest BCUT2D eigenvalue weighted by Crippen LogP contribution is -2.15. The van der Waals surface area contributed by atoms with Gasteiger partial charge in [0.1, 0.15) is 0 Å². The van der Waals surface area contributed by atoms with Crippen molar-refractivity contribution in [2.75, 3.05) is 13.2 Å². The smallest absolute Gasteiger partial charge is 0.0807 e. The Morgan fingerprint density at radius 2 is 2.33 bits per heavy atom. The summed E-state index contributed by atoms with van der Waals surface area (Å²) in [4.78, 5) is 0. The second-order valence-electron chi connectivity index (χ2n) is 4.55. The van der Waals surface area contributed by atoms with Crippen molar-refractivity contribution >= 4 is 0 Å². The molecule has 1 aliphatic heterocycles. The highest BCUT2D eigenvalue weighted by Crippen LogP contribution is 2.33. The lowest BCUT2D eigenvalue weighted by molar-refractivity contribution is 0.154.